The van der Waals surface area contributed by atoms with Crippen LogP contribution in [0, 0.1) is 0 Å². The molecule has 0 amide bonds. The summed E-state index contributed by atoms with van der Waals surface area (Å²) >= 11 is 1.06. The normalized spacial score (nSPS) is 10.1. The molecule has 0 unspecified atom stereocenters. The smallest absolute Gasteiger partial charge is 1.00 e. The maximum absolute atomic E-state index is 11.2. The van der Waals surface area contributed by atoms with Crippen LogP contribution in [0.4, 0.5) is 5.13 Å². The van der Waals surface area contributed by atoms with Crippen LogP contribution in [0.3, 0.4) is 0 Å². The van der Waals surface area contributed by atoms with Gasteiger partial charge in [0.25, 0.3) is 5.56 Å². The monoisotopic (exact) mass is 222 g/mol. The number of nitrogens with zero attached hydrogens (tertiary/aromatic N) is 2. The molecule has 2 rings (SSSR count). The first-order valence-electron chi connectivity index (χ1n) is 3.45. The molecule has 0 bridgehead atoms. The number of anilines is 1. The minimum Gasteiger partial charge on any atom is -1.00 e. The van der Waals surface area contributed by atoms with Gasteiger partial charge in [0.05, 0.1) is 0 Å². The Hall–Kier alpha value is -0.630. The van der Waals surface area contributed by atoms with Gasteiger partial charge in [-0.2, -0.15) is 0 Å². The molecule has 0 radical (unpaired) electrons. The van der Waals surface area contributed by atoms with Gasteiger partial charge in [0.15, 0.2) is 10.8 Å². The predicted octanol–water partition coefficient (Wildman–Crippen LogP) is -3.62. The molecule has 2 aromatic rings. The van der Waals surface area contributed by atoms with Crippen molar-refractivity contribution in [2.75, 3.05) is 5.73 Å². The van der Waals surface area contributed by atoms with Gasteiger partial charge in [-0.15, -0.1) is 0 Å². The summed E-state index contributed by atoms with van der Waals surface area (Å²) in [5, 5.41) is 0.279. The summed E-state index contributed by atoms with van der Waals surface area (Å²) in [6.45, 7) is 0. The number of nitrogens with two attached hydrogens (primary N) is 1. The fraction of sp³-hybridized carbons (Fsp3) is 0.167. The summed E-state index contributed by atoms with van der Waals surface area (Å²) in [4.78, 5) is 28.3. The second-order valence-electron chi connectivity index (χ2n) is 2.52. The van der Waals surface area contributed by atoms with E-state index in [9.17, 15) is 9.59 Å². The van der Waals surface area contributed by atoms with Crippen LogP contribution in [0.15, 0.2) is 9.59 Å². The molecule has 0 aliphatic carbocycles. The molecule has 3 N–H and O–H groups in total. The van der Waals surface area contributed by atoms with Crippen LogP contribution in [-0.4, -0.2) is 14.5 Å². The minimum atomic E-state index is -0.484. The fourth-order valence-corrected chi connectivity index (χ4v) is 1.80. The first-order valence-corrected chi connectivity index (χ1v) is 4.26. The fourth-order valence-electron chi connectivity index (χ4n) is 1.04. The van der Waals surface area contributed by atoms with Crippen LogP contribution in [-0.2, 0) is 7.05 Å². The molecular weight excluding hydrogens is 215 g/mol. The van der Waals surface area contributed by atoms with Crippen LogP contribution < -0.4 is 46.5 Å². The zero-order valence-corrected chi connectivity index (χ0v) is 10.5. The average molecular weight is 222 g/mol. The van der Waals surface area contributed by atoms with Crippen LogP contribution in [0.1, 0.15) is 1.43 Å². The first-order chi connectivity index (χ1) is 6.09. The Morgan fingerprint density at radius 3 is 2.86 bits per heavy atom. The predicted molar refractivity (Wildman–Crippen MR) is 51.0 cm³/mol. The number of aromatic amines is 1. The van der Waals surface area contributed by atoms with E-state index in [0.717, 1.165) is 11.3 Å². The number of thiazole rings is 1. The van der Waals surface area contributed by atoms with Gasteiger partial charge in [0.1, 0.15) is 4.70 Å². The zero-order valence-electron chi connectivity index (χ0n) is 8.70. The van der Waals surface area contributed by atoms with E-state index in [1.54, 1.807) is 0 Å². The third-order valence-electron chi connectivity index (χ3n) is 1.67. The van der Waals surface area contributed by atoms with Gasteiger partial charge in [-0.25, -0.2) is 9.78 Å². The summed E-state index contributed by atoms with van der Waals surface area (Å²) in [7, 11) is 1.53. The van der Waals surface area contributed by atoms with Crippen LogP contribution >= 0.6 is 11.3 Å². The van der Waals surface area contributed by atoms with Gasteiger partial charge in [0, 0.05) is 7.05 Å². The van der Waals surface area contributed by atoms with Crippen molar-refractivity contribution < 1.29 is 31.0 Å². The van der Waals surface area contributed by atoms with Crippen molar-refractivity contribution in [2.45, 2.75) is 0 Å². The second kappa shape index (κ2) is 3.85. The van der Waals surface area contributed by atoms with E-state index >= 15 is 0 Å². The minimum absolute atomic E-state index is 0. The molecule has 0 atom stereocenters. The van der Waals surface area contributed by atoms with Crippen molar-refractivity contribution in [2.24, 2.45) is 7.05 Å². The van der Waals surface area contributed by atoms with E-state index in [2.05, 4.69) is 9.97 Å². The molecule has 0 aromatic carbocycles. The number of hydrogen-bond donors (Lipinski definition) is 2. The summed E-state index contributed by atoms with van der Waals surface area (Å²) in [6.07, 6.45) is 0. The number of aryl methyl sites for hydroxylation is 1. The van der Waals surface area contributed by atoms with Crippen LogP contribution in [0.2, 0.25) is 0 Å². The van der Waals surface area contributed by atoms with E-state index < -0.39 is 11.2 Å². The Morgan fingerprint density at radius 1 is 1.57 bits per heavy atom. The van der Waals surface area contributed by atoms with Gasteiger partial charge in [0.2, 0.25) is 0 Å². The van der Waals surface area contributed by atoms with Crippen molar-refractivity contribution in [3.05, 3.63) is 20.8 Å². The van der Waals surface area contributed by atoms with Gasteiger partial charge in [-0.1, -0.05) is 11.3 Å². The quantitative estimate of drug-likeness (QED) is 0.450. The standard InChI is InChI=1S/C6H6N4O2S.Na.H/c1-10-3-2(13-5(7)8-3)4(11)9-6(10)12;;/h1H3,(H2,7,8)(H,9,11,12);;/q;+1;-1. The van der Waals surface area contributed by atoms with Gasteiger partial charge >= 0.3 is 35.2 Å². The van der Waals surface area contributed by atoms with Gasteiger partial charge in [-0.3, -0.25) is 14.3 Å². The Bertz CT molecular complexity index is 589. The topological polar surface area (TPSA) is 93.8 Å². The van der Waals surface area contributed by atoms with E-state index in [1.165, 1.54) is 11.6 Å². The van der Waals surface area contributed by atoms with Gasteiger partial charge in [-0.05, 0) is 0 Å². The third kappa shape index (κ3) is 1.63. The van der Waals surface area contributed by atoms with E-state index in [1.807, 2.05) is 0 Å². The number of aromatic nitrogens is 3. The Morgan fingerprint density at radius 2 is 2.21 bits per heavy atom. The maximum Gasteiger partial charge on any atom is 1.00 e. The molecule has 8 heteroatoms. The molecule has 2 heterocycles. The maximum atomic E-state index is 11.2. The number of hydrogen-bond acceptors (Lipinski definition) is 5. The van der Waals surface area contributed by atoms with Crippen molar-refractivity contribution in [1.29, 1.82) is 0 Å². The molecule has 70 valence electrons. The molecule has 0 saturated carbocycles. The van der Waals surface area contributed by atoms with E-state index in [-0.39, 0.29) is 36.1 Å². The molecule has 0 spiro atoms. The number of nitrogen functional groups attached to an aromatic ring is 1. The number of H-pyrrole nitrogens is 1. The number of nitrogens with one attached hydrogen (secondary N) is 1. The first kappa shape index (κ1) is 11.4. The van der Waals surface area contributed by atoms with Crippen LogP contribution in [0.25, 0.3) is 10.3 Å². The van der Waals surface area contributed by atoms with Gasteiger partial charge < -0.3 is 7.16 Å². The Labute approximate surface area is 106 Å². The van der Waals surface area contributed by atoms with E-state index in [0.29, 0.717) is 10.3 Å². The largest absolute Gasteiger partial charge is 1.00 e. The molecule has 2 aromatic heterocycles. The summed E-state index contributed by atoms with van der Waals surface area (Å²) in [5.41, 5.74) is 4.83. The Balaban J connectivity index is 0.000000980. The van der Waals surface area contributed by atoms with Crippen molar-refractivity contribution in [3.63, 3.8) is 0 Å². The van der Waals surface area contributed by atoms with Crippen molar-refractivity contribution in [3.8, 4) is 0 Å². The molecule has 0 aliphatic heterocycles. The summed E-state index contributed by atoms with van der Waals surface area (Å²) in [6, 6.07) is 0. The zero-order chi connectivity index (χ0) is 9.59. The second-order valence-corrected chi connectivity index (χ2v) is 3.55. The summed E-state index contributed by atoms with van der Waals surface area (Å²) in [5.74, 6) is 0. The molecule has 0 saturated heterocycles. The molecule has 14 heavy (non-hydrogen) atoms. The SMILES string of the molecule is Cn1c(=O)[nH]c(=O)c2sc(N)nc21.[H-].[Na+]. The van der Waals surface area contributed by atoms with Crippen molar-refractivity contribution >= 4 is 26.8 Å². The third-order valence-corrected chi connectivity index (χ3v) is 2.55. The van der Waals surface area contributed by atoms with Crippen LogP contribution in [0.5, 0.6) is 0 Å². The van der Waals surface area contributed by atoms with E-state index in [4.69, 9.17) is 5.73 Å². The molecule has 0 fully saturated rings. The summed E-state index contributed by atoms with van der Waals surface area (Å²) < 4.78 is 1.63. The molecule has 6 nitrogen and oxygen atoms in total. The van der Waals surface area contributed by atoms with Crippen molar-refractivity contribution in [1.82, 2.24) is 14.5 Å². The molecule has 0 aliphatic rings. The average Bonchev–Trinajstić information content (AvgIpc) is 2.44. The number of rotatable bonds is 0. The molecular formula is C6H7N4NaO2S. The Kier molecular flexibility index (Phi) is 3.15. The number of fused-ring (bicyclic) bond motifs is 1.